The SMILES string of the molecule is CCOC(=O)C(NC)c1c(F)cc(OCC(C)(F)F)cc1F. The molecule has 0 heterocycles. The summed E-state index contributed by atoms with van der Waals surface area (Å²) in [5.41, 5.74) is -0.559. The highest BCUT2D eigenvalue weighted by Crippen LogP contribution is 2.27. The maximum absolute atomic E-state index is 14.0. The minimum Gasteiger partial charge on any atom is -0.487 e. The molecule has 0 bridgehead atoms. The summed E-state index contributed by atoms with van der Waals surface area (Å²) in [5.74, 6) is -6.57. The second-order valence-corrected chi connectivity index (χ2v) is 4.63. The average Bonchev–Trinajstić information content (AvgIpc) is 2.40. The zero-order valence-corrected chi connectivity index (χ0v) is 12.4. The highest BCUT2D eigenvalue weighted by Gasteiger charge is 2.28. The van der Waals surface area contributed by atoms with E-state index < -0.39 is 41.7 Å². The first-order valence-electron chi connectivity index (χ1n) is 6.53. The lowest BCUT2D eigenvalue weighted by atomic mass is 10.1. The van der Waals surface area contributed by atoms with E-state index in [0.29, 0.717) is 6.92 Å². The van der Waals surface area contributed by atoms with E-state index >= 15 is 0 Å². The molecule has 1 atom stereocenters. The second kappa shape index (κ2) is 7.44. The van der Waals surface area contributed by atoms with Crippen LogP contribution in [0.25, 0.3) is 0 Å². The first kappa shape index (κ1) is 18.2. The molecule has 124 valence electrons. The topological polar surface area (TPSA) is 47.6 Å². The fourth-order valence-electron chi connectivity index (χ4n) is 1.74. The lowest BCUT2D eigenvalue weighted by molar-refractivity contribution is -0.145. The summed E-state index contributed by atoms with van der Waals surface area (Å²) in [6.07, 6.45) is 0. The third-order valence-electron chi connectivity index (χ3n) is 2.64. The van der Waals surface area contributed by atoms with E-state index in [1.807, 2.05) is 0 Å². The average molecular weight is 323 g/mol. The van der Waals surface area contributed by atoms with Crippen LogP contribution in [-0.2, 0) is 9.53 Å². The van der Waals surface area contributed by atoms with Gasteiger partial charge in [-0.15, -0.1) is 0 Å². The Morgan fingerprint density at radius 2 is 1.86 bits per heavy atom. The van der Waals surface area contributed by atoms with Gasteiger partial charge in [0.2, 0.25) is 0 Å². The fraction of sp³-hybridized carbons (Fsp3) is 0.500. The van der Waals surface area contributed by atoms with Crippen molar-refractivity contribution >= 4 is 5.97 Å². The molecule has 0 aromatic heterocycles. The predicted octanol–water partition coefficient (Wildman–Crippen LogP) is 2.82. The molecule has 1 aromatic carbocycles. The largest absolute Gasteiger partial charge is 0.487 e. The van der Waals surface area contributed by atoms with Crippen LogP contribution < -0.4 is 10.1 Å². The molecule has 1 N–H and O–H groups in total. The highest BCUT2D eigenvalue weighted by atomic mass is 19.3. The predicted molar refractivity (Wildman–Crippen MR) is 70.9 cm³/mol. The van der Waals surface area contributed by atoms with Gasteiger partial charge in [0.05, 0.1) is 12.2 Å². The molecule has 1 aromatic rings. The molecule has 0 aliphatic carbocycles. The third-order valence-corrected chi connectivity index (χ3v) is 2.64. The number of esters is 1. The van der Waals surface area contributed by atoms with Crippen molar-refractivity contribution in [3.05, 3.63) is 29.3 Å². The zero-order valence-electron chi connectivity index (χ0n) is 12.4. The van der Waals surface area contributed by atoms with Crippen LogP contribution in [0, 0.1) is 11.6 Å². The van der Waals surface area contributed by atoms with Crippen LogP contribution in [0.2, 0.25) is 0 Å². The smallest absolute Gasteiger partial charge is 0.327 e. The minimum atomic E-state index is -3.13. The number of carbonyl (C=O) groups excluding carboxylic acids is 1. The summed E-state index contributed by atoms with van der Waals surface area (Å²) in [5, 5.41) is 2.44. The molecular formula is C14H17F4NO3. The summed E-state index contributed by atoms with van der Waals surface area (Å²) >= 11 is 0. The number of halogens is 4. The van der Waals surface area contributed by atoms with Crippen molar-refractivity contribution in [3.8, 4) is 5.75 Å². The van der Waals surface area contributed by atoms with E-state index in [9.17, 15) is 22.4 Å². The van der Waals surface area contributed by atoms with E-state index in [-0.39, 0.29) is 12.4 Å². The Labute approximate surface area is 125 Å². The molecule has 0 spiro atoms. The Morgan fingerprint density at radius 3 is 2.27 bits per heavy atom. The monoisotopic (exact) mass is 323 g/mol. The molecule has 0 radical (unpaired) electrons. The zero-order chi connectivity index (χ0) is 16.9. The Morgan fingerprint density at radius 1 is 1.32 bits per heavy atom. The van der Waals surface area contributed by atoms with Crippen LogP contribution in [0.1, 0.15) is 25.5 Å². The Balaban J connectivity index is 3.05. The summed E-state index contributed by atoms with van der Waals surface area (Å²) in [4.78, 5) is 11.7. The van der Waals surface area contributed by atoms with Gasteiger partial charge in [0, 0.05) is 19.1 Å². The van der Waals surface area contributed by atoms with Gasteiger partial charge in [-0.2, -0.15) is 0 Å². The number of alkyl halides is 2. The van der Waals surface area contributed by atoms with Gasteiger partial charge < -0.3 is 14.8 Å². The molecule has 0 fully saturated rings. The molecule has 0 aliphatic heterocycles. The van der Waals surface area contributed by atoms with Gasteiger partial charge in [0.1, 0.15) is 23.4 Å². The maximum atomic E-state index is 14.0. The van der Waals surface area contributed by atoms with E-state index in [1.165, 1.54) is 7.05 Å². The van der Waals surface area contributed by atoms with E-state index in [0.717, 1.165) is 12.1 Å². The molecule has 0 amide bonds. The van der Waals surface area contributed by atoms with Crippen LogP contribution in [0.5, 0.6) is 5.75 Å². The van der Waals surface area contributed by atoms with Crippen LogP contribution in [0.3, 0.4) is 0 Å². The van der Waals surface area contributed by atoms with Crippen molar-refractivity contribution < 1.29 is 31.8 Å². The number of hydrogen-bond donors (Lipinski definition) is 1. The number of likely N-dealkylation sites (N-methyl/N-ethyl adjacent to an activating group) is 1. The van der Waals surface area contributed by atoms with Crippen molar-refractivity contribution in [3.63, 3.8) is 0 Å². The van der Waals surface area contributed by atoms with E-state index in [4.69, 9.17) is 4.74 Å². The Kier molecular flexibility index (Phi) is 6.16. The highest BCUT2D eigenvalue weighted by molar-refractivity contribution is 5.77. The van der Waals surface area contributed by atoms with E-state index in [1.54, 1.807) is 6.92 Å². The summed E-state index contributed by atoms with van der Waals surface area (Å²) < 4.78 is 62.7. The number of carbonyl (C=O) groups is 1. The maximum Gasteiger partial charge on any atom is 0.327 e. The first-order chi connectivity index (χ1) is 10.2. The third kappa shape index (κ3) is 4.87. The van der Waals surface area contributed by atoms with Gasteiger partial charge >= 0.3 is 5.97 Å². The molecule has 22 heavy (non-hydrogen) atoms. The van der Waals surface area contributed by atoms with Gasteiger partial charge in [0.25, 0.3) is 5.92 Å². The fourth-order valence-corrected chi connectivity index (χ4v) is 1.74. The number of rotatable bonds is 7. The lowest BCUT2D eigenvalue weighted by Gasteiger charge is -2.18. The first-order valence-corrected chi connectivity index (χ1v) is 6.53. The van der Waals surface area contributed by atoms with Crippen molar-refractivity contribution in [2.75, 3.05) is 20.3 Å². The standard InChI is InChI=1S/C14H17F4NO3/c1-4-21-13(20)12(19-3)11-9(15)5-8(6-10(11)16)22-7-14(2,17)18/h5-6,12,19H,4,7H2,1-3H3. The molecule has 0 aliphatic rings. The van der Waals surface area contributed by atoms with Crippen molar-refractivity contribution in [1.29, 1.82) is 0 Å². The van der Waals surface area contributed by atoms with Crippen LogP contribution >= 0.6 is 0 Å². The minimum absolute atomic E-state index is 0.0486. The van der Waals surface area contributed by atoms with E-state index in [2.05, 4.69) is 10.1 Å². The van der Waals surface area contributed by atoms with Gasteiger partial charge in [0.15, 0.2) is 6.61 Å². The van der Waals surface area contributed by atoms with Crippen molar-refractivity contribution in [2.24, 2.45) is 0 Å². The van der Waals surface area contributed by atoms with Crippen LogP contribution in [0.4, 0.5) is 17.6 Å². The molecule has 0 saturated carbocycles. The summed E-state index contributed by atoms with van der Waals surface area (Å²) in [7, 11) is 1.34. The lowest BCUT2D eigenvalue weighted by Crippen LogP contribution is -2.29. The molecule has 1 rings (SSSR count). The summed E-state index contributed by atoms with van der Waals surface area (Å²) in [6.45, 7) is 1.21. The molecule has 1 unspecified atom stereocenters. The van der Waals surface area contributed by atoms with Crippen LogP contribution in [0.15, 0.2) is 12.1 Å². The summed E-state index contributed by atoms with van der Waals surface area (Å²) in [6, 6.07) is 0.142. The van der Waals surface area contributed by atoms with Gasteiger partial charge in [-0.3, -0.25) is 0 Å². The molecule has 0 saturated heterocycles. The van der Waals surface area contributed by atoms with Crippen molar-refractivity contribution in [2.45, 2.75) is 25.8 Å². The van der Waals surface area contributed by atoms with Gasteiger partial charge in [-0.25, -0.2) is 22.4 Å². The van der Waals surface area contributed by atoms with Gasteiger partial charge in [-0.1, -0.05) is 0 Å². The number of benzene rings is 1. The number of hydrogen-bond acceptors (Lipinski definition) is 4. The molecular weight excluding hydrogens is 306 g/mol. The Bertz CT molecular complexity index is 508. The van der Waals surface area contributed by atoms with Crippen LogP contribution in [-0.4, -0.2) is 32.2 Å². The quantitative estimate of drug-likeness (QED) is 0.619. The number of ether oxygens (including phenoxy) is 2. The normalized spacial score (nSPS) is 12.9. The molecule has 4 nitrogen and oxygen atoms in total. The molecule has 8 heteroatoms. The van der Waals surface area contributed by atoms with Crippen molar-refractivity contribution in [1.82, 2.24) is 5.32 Å². The second-order valence-electron chi connectivity index (χ2n) is 4.63. The Hall–Kier alpha value is -1.83. The van der Waals surface area contributed by atoms with Gasteiger partial charge in [-0.05, 0) is 14.0 Å². The number of nitrogens with one attached hydrogen (secondary N) is 1.